The van der Waals surface area contributed by atoms with Gasteiger partial charge < -0.3 is 10.4 Å². The van der Waals surface area contributed by atoms with Gasteiger partial charge in [0, 0.05) is 35.9 Å². The molecule has 1 fully saturated rings. The highest BCUT2D eigenvalue weighted by Gasteiger charge is 2.23. The van der Waals surface area contributed by atoms with E-state index in [0.717, 1.165) is 31.6 Å². The number of β-amino-alcohol motifs (C(OH)–C–C–N with tert-alkyl or cyclic N) is 1. The zero-order chi connectivity index (χ0) is 16.2. The van der Waals surface area contributed by atoms with Crippen molar-refractivity contribution in [2.24, 2.45) is 0 Å². The van der Waals surface area contributed by atoms with Crippen LogP contribution in [0.5, 0.6) is 0 Å². The van der Waals surface area contributed by atoms with E-state index in [4.69, 9.17) is 11.6 Å². The van der Waals surface area contributed by atoms with Gasteiger partial charge in [-0.1, -0.05) is 29.8 Å². The van der Waals surface area contributed by atoms with Crippen LogP contribution in [0.3, 0.4) is 0 Å². The van der Waals surface area contributed by atoms with Gasteiger partial charge in [-0.2, -0.15) is 0 Å². The van der Waals surface area contributed by atoms with Gasteiger partial charge in [0.05, 0.1) is 6.10 Å². The molecule has 0 aliphatic carbocycles. The van der Waals surface area contributed by atoms with Crippen LogP contribution in [-0.2, 0) is 6.42 Å². The Morgan fingerprint density at radius 1 is 1.22 bits per heavy atom. The predicted octanol–water partition coefficient (Wildman–Crippen LogP) is 2.81. The molecule has 2 aromatic carbocycles. The third-order valence-electron chi connectivity index (χ3n) is 3.93. The lowest BCUT2D eigenvalue weighted by Gasteiger charge is -2.35. The Balaban J connectivity index is 1.60. The SMILES string of the molecule is O=C(Nc1cccc(Cl)c1)c1cccc(CCN2CC(O)C2)c1. The van der Waals surface area contributed by atoms with Crippen LogP contribution in [0.25, 0.3) is 0 Å². The van der Waals surface area contributed by atoms with E-state index >= 15 is 0 Å². The van der Waals surface area contributed by atoms with E-state index in [2.05, 4.69) is 10.2 Å². The van der Waals surface area contributed by atoms with Crippen molar-refractivity contribution in [1.82, 2.24) is 4.90 Å². The molecule has 0 unspecified atom stereocenters. The lowest BCUT2D eigenvalue weighted by molar-refractivity contribution is 0.00310. The molecule has 1 amide bonds. The summed E-state index contributed by atoms with van der Waals surface area (Å²) in [6.45, 7) is 2.39. The molecule has 5 heteroatoms. The van der Waals surface area contributed by atoms with E-state index in [-0.39, 0.29) is 12.0 Å². The van der Waals surface area contributed by atoms with Gasteiger partial charge in [-0.15, -0.1) is 0 Å². The van der Waals surface area contributed by atoms with Crippen LogP contribution in [0.2, 0.25) is 5.02 Å². The van der Waals surface area contributed by atoms with Gasteiger partial charge in [-0.05, 0) is 42.3 Å². The molecule has 1 saturated heterocycles. The average molecular weight is 331 g/mol. The van der Waals surface area contributed by atoms with E-state index < -0.39 is 0 Å². The van der Waals surface area contributed by atoms with Crippen LogP contribution in [-0.4, -0.2) is 41.7 Å². The smallest absolute Gasteiger partial charge is 0.255 e. The molecular formula is C18H19ClN2O2. The van der Waals surface area contributed by atoms with Crippen LogP contribution in [0.1, 0.15) is 15.9 Å². The molecule has 120 valence electrons. The summed E-state index contributed by atoms with van der Waals surface area (Å²) in [5.74, 6) is -0.145. The molecule has 0 aromatic heterocycles. The number of aliphatic hydroxyl groups is 1. The van der Waals surface area contributed by atoms with Gasteiger partial charge >= 0.3 is 0 Å². The van der Waals surface area contributed by atoms with Crippen LogP contribution in [0, 0.1) is 0 Å². The number of amides is 1. The molecule has 23 heavy (non-hydrogen) atoms. The summed E-state index contributed by atoms with van der Waals surface area (Å²) >= 11 is 5.93. The molecule has 0 atom stereocenters. The van der Waals surface area contributed by atoms with Gasteiger partial charge in [0.2, 0.25) is 0 Å². The number of anilines is 1. The molecule has 0 bridgehead atoms. The van der Waals surface area contributed by atoms with Gasteiger partial charge in [0.25, 0.3) is 5.91 Å². The lowest BCUT2D eigenvalue weighted by atomic mass is 10.1. The van der Waals surface area contributed by atoms with Crippen molar-refractivity contribution in [3.8, 4) is 0 Å². The van der Waals surface area contributed by atoms with E-state index in [0.29, 0.717) is 16.3 Å². The molecule has 1 aliphatic heterocycles. The zero-order valence-corrected chi connectivity index (χ0v) is 13.5. The maximum Gasteiger partial charge on any atom is 0.255 e. The number of benzene rings is 2. The Kier molecular flexibility index (Phi) is 4.96. The van der Waals surface area contributed by atoms with Gasteiger partial charge in [-0.3, -0.25) is 9.69 Å². The summed E-state index contributed by atoms with van der Waals surface area (Å²) in [5.41, 5.74) is 2.43. The summed E-state index contributed by atoms with van der Waals surface area (Å²) in [6.07, 6.45) is 0.690. The van der Waals surface area contributed by atoms with Crippen molar-refractivity contribution in [2.45, 2.75) is 12.5 Å². The molecule has 0 saturated carbocycles. The first-order valence-electron chi connectivity index (χ1n) is 7.66. The summed E-state index contributed by atoms with van der Waals surface area (Å²) in [5, 5.41) is 12.7. The fourth-order valence-corrected chi connectivity index (χ4v) is 2.84. The van der Waals surface area contributed by atoms with Gasteiger partial charge in [0.15, 0.2) is 0 Å². The lowest BCUT2D eigenvalue weighted by Crippen LogP contribution is -2.51. The van der Waals surface area contributed by atoms with Crippen molar-refractivity contribution >= 4 is 23.2 Å². The fraction of sp³-hybridized carbons (Fsp3) is 0.278. The quantitative estimate of drug-likeness (QED) is 0.886. The number of hydrogen-bond donors (Lipinski definition) is 2. The van der Waals surface area contributed by atoms with Gasteiger partial charge in [0.1, 0.15) is 0 Å². The molecule has 1 heterocycles. The predicted molar refractivity (Wildman–Crippen MR) is 92.0 cm³/mol. The minimum Gasteiger partial charge on any atom is -0.390 e. The first-order valence-corrected chi connectivity index (χ1v) is 8.04. The second kappa shape index (κ2) is 7.13. The van der Waals surface area contributed by atoms with Crippen LogP contribution >= 0.6 is 11.6 Å². The van der Waals surface area contributed by atoms with Crippen molar-refractivity contribution in [1.29, 1.82) is 0 Å². The Bertz CT molecular complexity index is 699. The molecule has 2 aromatic rings. The highest BCUT2D eigenvalue weighted by atomic mass is 35.5. The minimum atomic E-state index is -0.176. The summed E-state index contributed by atoms with van der Waals surface area (Å²) in [6, 6.07) is 14.7. The number of carbonyl (C=O) groups excluding carboxylic acids is 1. The van der Waals surface area contributed by atoms with Crippen LogP contribution < -0.4 is 5.32 Å². The number of carbonyl (C=O) groups is 1. The van der Waals surface area contributed by atoms with Gasteiger partial charge in [-0.25, -0.2) is 0 Å². The third-order valence-corrected chi connectivity index (χ3v) is 4.16. The number of rotatable bonds is 5. The number of halogens is 1. The molecule has 0 spiro atoms. The van der Waals surface area contributed by atoms with E-state index in [1.165, 1.54) is 0 Å². The number of hydrogen-bond acceptors (Lipinski definition) is 3. The summed E-state index contributed by atoms with van der Waals surface area (Å²) < 4.78 is 0. The molecule has 0 radical (unpaired) electrons. The van der Waals surface area contributed by atoms with E-state index in [1.807, 2.05) is 24.3 Å². The maximum absolute atomic E-state index is 12.3. The highest BCUT2D eigenvalue weighted by Crippen LogP contribution is 2.17. The Morgan fingerprint density at radius 2 is 2.00 bits per heavy atom. The average Bonchev–Trinajstić information content (AvgIpc) is 2.51. The summed E-state index contributed by atoms with van der Waals surface area (Å²) in [4.78, 5) is 14.5. The number of nitrogens with zero attached hydrogens (tertiary/aromatic N) is 1. The first kappa shape index (κ1) is 16.0. The first-order chi connectivity index (χ1) is 11.1. The monoisotopic (exact) mass is 330 g/mol. The summed E-state index contributed by atoms with van der Waals surface area (Å²) in [7, 11) is 0. The zero-order valence-electron chi connectivity index (χ0n) is 12.7. The minimum absolute atomic E-state index is 0.145. The van der Waals surface area contributed by atoms with Crippen molar-refractivity contribution in [2.75, 3.05) is 25.0 Å². The third kappa shape index (κ3) is 4.32. The van der Waals surface area contributed by atoms with E-state index in [1.54, 1.807) is 24.3 Å². The normalized spacial score (nSPS) is 15.2. The van der Waals surface area contributed by atoms with Crippen molar-refractivity contribution < 1.29 is 9.90 Å². The fourth-order valence-electron chi connectivity index (χ4n) is 2.65. The Hall–Kier alpha value is -1.88. The molecule has 3 rings (SSSR count). The van der Waals surface area contributed by atoms with Crippen molar-refractivity contribution in [3.63, 3.8) is 0 Å². The largest absolute Gasteiger partial charge is 0.390 e. The number of likely N-dealkylation sites (tertiary alicyclic amines) is 1. The maximum atomic E-state index is 12.3. The van der Waals surface area contributed by atoms with E-state index in [9.17, 15) is 9.90 Å². The molecular weight excluding hydrogens is 312 g/mol. The standard InChI is InChI=1S/C18H19ClN2O2/c19-15-5-2-6-16(10-15)20-18(23)14-4-1-3-13(9-14)7-8-21-11-17(22)12-21/h1-6,9-10,17,22H,7-8,11-12H2,(H,20,23). The second-order valence-electron chi connectivity index (χ2n) is 5.83. The molecule has 1 aliphatic rings. The Morgan fingerprint density at radius 3 is 2.74 bits per heavy atom. The molecule has 2 N–H and O–H groups in total. The number of nitrogens with one attached hydrogen (secondary N) is 1. The Labute approximate surface area is 140 Å². The topological polar surface area (TPSA) is 52.6 Å². The van der Waals surface area contributed by atoms with Crippen LogP contribution in [0.15, 0.2) is 48.5 Å². The second-order valence-corrected chi connectivity index (χ2v) is 6.26. The molecule has 4 nitrogen and oxygen atoms in total. The highest BCUT2D eigenvalue weighted by molar-refractivity contribution is 6.30. The van der Waals surface area contributed by atoms with Crippen molar-refractivity contribution in [3.05, 3.63) is 64.7 Å². The van der Waals surface area contributed by atoms with Crippen LogP contribution in [0.4, 0.5) is 5.69 Å². The number of aliphatic hydroxyl groups excluding tert-OH is 1.